The van der Waals surface area contributed by atoms with E-state index in [0.717, 1.165) is 0 Å². The van der Waals surface area contributed by atoms with Gasteiger partial charge in [-0.3, -0.25) is 0 Å². The van der Waals surface area contributed by atoms with Crippen LogP contribution in [0.1, 0.15) is 11.8 Å². The predicted molar refractivity (Wildman–Crippen MR) is 51.4 cm³/mol. The molecule has 0 aromatic heterocycles. The zero-order valence-electron chi connectivity index (χ0n) is 9.82. The van der Waals surface area contributed by atoms with Crippen molar-refractivity contribution in [2.45, 2.75) is 0 Å². The average Bonchev–Trinajstić information content (AvgIpc) is 2.18. The Morgan fingerprint density at radius 2 is 1.35 bits per heavy atom. The van der Waals surface area contributed by atoms with E-state index in [9.17, 15) is 4.79 Å². The number of aliphatic carboxylic acids is 2. The molecule has 0 aliphatic carbocycles. The van der Waals surface area contributed by atoms with Crippen LogP contribution in [-0.4, -0.2) is 38.3 Å². The summed E-state index contributed by atoms with van der Waals surface area (Å²) in [4.78, 5) is 28.5. The monoisotopic (exact) mass is 252 g/mol. The van der Waals surface area contributed by atoms with Crippen molar-refractivity contribution < 1.29 is 65.8 Å². The number of carboxylic acids is 3. The number of hydrogen-bond donors (Lipinski definition) is 4. The first kappa shape index (κ1) is 17.8. The maximum absolute atomic E-state index is 10.3. The molecule has 0 radical (unpaired) electrons. The van der Waals surface area contributed by atoms with Crippen molar-refractivity contribution in [2.24, 2.45) is 0 Å². The van der Waals surface area contributed by atoms with Crippen molar-refractivity contribution in [3.05, 3.63) is 29.8 Å². The fraction of sp³-hybridized carbons (Fsp3) is 0. The number of aromatic carboxylic acids is 1. The normalized spacial score (nSPS) is 8.00. The first-order valence-electron chi connectivity index (χ1n) is 3.83. The number of carbonyl (C=O) groups is 3. The molecule has 0 unspecified atom stereocenters. The number of hydrogen-bond acceptors (Lipinski definition) is 4. The van der Waals surface area contributed by atoms with Crippen LogP contribution in [0.2, 0.25) is 0 Å². The Morgan fingerprint density at radius 3 is 1.59 bits per heavy atom. The van der Waals surface area contributed by atoms with Gasteiger partial charge in [-0.05, 0) is 12.1 Å². The van der Waals surface area contributed by atoms with Gasteiger partial charge in [-0.2, -0.15) is 0 Å². The largest absolute Gasteiger partial charge is 1.00 e. The topological polar surface area (TPSA) is 132 Å². The molecule has 0 aliphatic rings. The Kier molecular flexibility index (Phi) is 8.98. The Bertz CT molecular complexity index is 409. The zero-order valence-corrected chi connectivity index (χ0v) is 10.8. The van der Waals surface area contributed by atoms with Crippen LogP contribution in [-0.2, 0) is 9.59 Å². The molecule has 1 aromatic carbocycles. The molecule has 0 heterocycles. The van der Waals surface area contributed by atoms with E-state index in [-0.39, 0.29) is 42.3 Å². The molecule has 1 rings (SSSR count). The third-order valence-electron chi connectivity index (χ3n) is 1.32. The molecule has 0 spiro atoms. The summed E-state index contributed by atoms with van der Waals surface area (Å²) in [5, 5.41) is 32.1. The Hall–Kier alpha value is -1.57. The zero-order chi connectivity index (χ0) is 12.7. The number of rotatable bonds is 1. The van der Waals surface area contributed by atoms with E-state index in [0.29, 0.717) is 0 Å². The van der Waals surface area contributed by atoms with Gasteiger partial charge in [0.1, 0.15) is 11.3 Å². The minimum Gasteiger partial charge on any atom is -1.00 e. The van der Waals surface area contributed by atoms with Gasteiger partial charge in [0.05, 0.1) is 0 Å². The summed E-state index contributed by atoms with van der Waals surface area (Å²) in [5.74, 6) is -4.96. The predicted octanol–water partition coefficient (Wildman–Crippen LogP) is -2.64. The second-order valence-corrected chi connectivity index (χ2v) is 2.43. The Labute approximate surface area is 119 Å². The number of benzene rings is 1. The Balaban J connectivity index is -0.000000250. The molecule has 0 aliphatic heterocycles. The summed E-state index contributed by atoms with van der Waals surface area (Å²) in [7, 11) is 0. The average molecular weight is 252 g/mol. The van der Waals surface area contributed by atoms with E-state index in [1.54, 1.807) is 12.1 Å². The van der Waals surface area contributed by atoms with Crippen molar-refractivity contribution in [2.75, 3.05) is 0 Å². The van der Waals surface area contributed by atoms with E-state index in [1.165, 1.54) is 12.1 Å². The molecular formula is C9H9NaO7. The molecule has 4 N–H and O–H groups in total. The fourth-order valence-corrected chi connectivity index (χ4v) is 0.654. The van der Waals surface area contributed by atoms with Crippen molar-refractivity contribution in [3.8, 4) is 5.75 Å². The first-order chi connectivity index (χ1) is 7.36. The second kappa shape index (κ2) is 8.57. The van der Waals surface area contributed by atoms with Crippen molar-refractivity contribution in [1.82, 2.24) is 0 Å². The third-order valence-corrected chi connectivity index (χ3v) is 1.32. The van der Waals surface area contributed by atoms with Gasteiger partial charge in [-0.1, -0.05) is 12.1 Å². The SMILES string of the molecule is O=C(O)C(=O)O.O=C(O)c1ccccc1O.[H-].[Na+]. The molecule has 0 bridgehead atoms. The van der Waals surface area contributed by atoms with Gasteiger partial charge in [0.15, 0.2) is 0 Å². The van der Waals surface area contributed by atoms with Gasteiger partial charge in [-0.25, -0.2) is 14.4 Å². The quantitative estimate of drug-likeness (QED) is 0.317. The summed E-state index contributed by atoms with van der Waals surface area (Å²) in [6, 6.07) is 5.81. The molecule has 8 heteroatoms. The molecule has 0 atom stereocenters. The smallest absolute Gasteiger partial charge is 1.00 e. The van der Waals surface area contributed by atoms with Crippen molar-refractivity contribution in [1.29, 1.82) is 0 Å². The molecule has 0 amide bonds. The maximum Gasteiger partial charge on any atom is 1.00 e. The van der Waals surface area contributed by atoms with Crippen LogP contribution < -0.4 is 29.6 Å². The molecule has 0 saturated carbocycles. The van der Waals surface area contributed by atoms with Crippen LogP contribution in [0.3, 0.4) is 0 Å². The van der Waals surface area contributed by atoms with Crippen molar-refractivity contribution in [3.63, 3.8) is 0 Å². The van der Waals surface area contributed by atoms with Crippen LogP contribution in [0, 0.1) is 0 Å². The molecule has 0 fully saturated rings. The fourth-order valence-electron chi connectivity index (χ4n) is 0.654. The van der Waals surface area contributed by atoms with Gasteiger partial charge >= 0.3 is 47.5 Å². The molecule has 1 aromatic rings. The molecular weight excluding hydrogens is 243 g/mol. The van der Waals surface area contributed by atoms with E-state index >= 15 is 0 Å². The van der Waals surface area contributed by atoms with Crippen LogP contribution in [0.5, 0.6) is 5.75 Å². The van der Waals surface area contributed by atoms with Gasteiger partial charge < -0.3 is 21.9 Å². The minimum absolute atomic E-state index is 0. The van der Waals surface area contributed by atoms with E-state index in [4.69, 9.17) is 30.0 Å². The summed E-state index contributed by atoms with van der Waals surface area (Å²) in [5.41, 5.74) is -0.0671. The summed E-state index contributed by atoms with van der Waals surface area (Å²) in [6.45, 7) is 0. The van der Waals surface area contributed by atoms with Gasteiger partial charge in [-0.15, -0.1) is 0 Å². The van der Waals surface area contributed by atoms with Gasteiger partial charge in [0.25, 0.3) is 0 Å². The third kappa shape index (κ3) is 7.34. The molecule has 0 saturated heterocycles. The molecule has 17 heavy (non-hydrogen) atoms. The Morgan fingerprint density at radius 1 is 0.941 bits per heavy atom. The molecule has 7 nitrogen and oxygen atoms in total. The van der Waals surface area contributed by atoms with Crippen LogP contribution >= 0.6 is 0 Å². The number of phenols is 1. The first-order valence-corrected chi connectivity index (χ1v) is 3.83. The molecule has 88 valence electrons. The number of aromatic hydroxyl groups is 1. The van der Waals surface area contributed by atoms with E-state index < -0.39 is 17.9 Å². The maximum atomic E-state index is 10.3. The van der Waals surface area contributed by atoms with Crippen LogP contribution in [0.15, 0.2) is 24.3 Å². The summed E-state index contributed by atoms with van der Waals surface area (Å²) in [6.07, 6.45) is 0. The van der Waals surface area contributed by atoms with Gasteiger partial charge in [0.2, 0.25) is 0 Å². The summed E-state index contributed by atoms with van der Waals surface area (Å²) < 4.78 is 0. The van der Waals surface area contributed by atoms with E-state index in [2.05, 4.69) is 0 Å². The van der Waals surface area contributed by atoms with Crippen LogP contribution in [0.25, 0.3) is 0 Å². The number of para-hydroxylation sites is 1. The standard InChI is InChI=1S/C7H6O3.C2H2O4.Na.H/c8-6-4-2-1-3-5(6)7(9)10;3-1(4)2(5)6;;/h1-4,8H,(H,9,10);(H,3,4)(H,5,6);;/q;;+1;-1. The minimum atomic E-state index is -1.82. The van der Waals surface area contributed by atoms with Gasteiger partial charge in [0, 0.05) is 0 Å². The summed E-state index contributed by atoms with van der Waals surface area (Å²) >= 11 is 0. The number of carboxylic acid groups (broad SMARTS) is 3. The van der Waals surface area contributed by atoms with E-state index in [1.807, 2.05) is 0 Å². The second-order valence-electron chi connectivity index (χ2n) is 2.43. The van der Waals surface area contributed by atoms with Crippen molar-refractivity contribution >= 4 is 17.9 Å². The van der Waals surface area contributed by atoms with Crippen LogP contribution in [0.4, 0.5) is 0 Å².